The van der Waals surface area contributed by atoms with Gasteiger partial charge in [0.2, 0.25) is 5.91 Å². The lowest BCUT2D eigenvalue weighted by atomic mass is 9.97. The number of aromatic amines is 1. The Bertz CT molecular complexity index is 1240. The average Bonchev–Trinajstić information content (AvgIpc) is 3.21. The molecule has 31 heavy (non-hydrogen) atoms. The molecule has 0 saturated carbocycles. The third-order valence-electron chi connectivity index (χ3n) is 4.92. The highest BCUT2D eigenvalue weighted by molar-refractivity contribution is 6.10. The zero-order valence-electron chi connectivity index (χ0n) is 16.4. The van der Waals surface area contributed by atoms with Crippen LogP contribution in [0.15, 0.2) is 79.0 Å². The molecule has 0 unspecified atom stereocenters. The molecule has 0 bridgehead atoms. The molecule has 0 aliphatic rings. The van der Waals surface area contributed by atoms with Crippen molar-refractivity contribution in [1.29, 1.82) is 0 Å². The molecule has 0 radical (unpaired) electrons. The number of fused-ring (bicyclic) bond motifs is 1. The molecule has 156 valence electrons. The number of carbonyl (C=O) groups is 2. The highest BCUT2D eigenvalue weighted by Crippen LogP contribution is 2.24. The highest BCUT2D eigenvalue weighted by Gasteiger charge is 2.24. The Morgan fingerprint density at radius 3 is 2.42 bits per heavy atom. The minimum atomic E-state index is -1.05. The lowest BCUT2D eigenvalue weighted by molar-refractivity contribution is -0.115. The van der Waals surface area contributed by atoms with Crippen LogP contribution in [0.3, 0.4) is 0 Å². The zero-order valence-corrected chi connectivity index (χ0v) is 16.4. The molecule has 4 aromatic rings. The van der Waals surface area contributed by atoms with E-state index in [2.05, 4.69) is 15.6 Å². The maximum absolute atomic E-state index is 13.4. The predicted octanol–water partition coefficient (Wildman–Crippen LogP) is 4.60. The monoisotopic (exact) mass is 419 g/mol. The van der Waals surface area contributed by atoms with Crippen molar-refractivity contribution >= 4 is 28.3 Å². The van der Waals surface area contributed by atoms with E-state index in [0.717, 1.165) is 23.0 Å². The van der Waals surface area contributed by atoms with Gasteiger partial charge in [0.15, 0.2) is 17.4 Å². The Labute approximate surface area is 177 Å². The second-order valence-corrected chi connectivity index (χ2v) is 7.01. The number of nitrogens with one attached hydrogen (secondary N) is 3. The van der Waals surface area contributed by atoms with Gasteiger partial charge >= 0.3 is 0 Å². The number of halogens is 2. The molecule has 3 aromatic carbocycles. The van der Waals surface area contributed by atoms with Crippen molar-refractivity contribution in [2.24, 2.45) is 0 Å². The van der Waals surface area contributed by atoms with E-state index in [9.17, 15) is 18.4 Å². The van der Waals surface area contributed by atoms with Crippen molar-refractivity contribution in [3.8, 4) is 0 Å². The summed E-state index contributed by atoms with van der Waals surface area (Å²) in [5.41, 5.74) is 2.19. The summed E-state index contributed by atoms with van der Waals surface area (Å²) in [7, 11) is 0. The second-order valence-electron chi connectivity index (χ2n) is 7.01. The minimum Gasteiger partial charge on any atom is -0.360 e. The molecule has 3 N–H and O–H groups in total. The minimum absolute atomic E-state index is 0.130. The van der Waals surface area contributed by atoms with Gasteiger partial charge in [0.25, 0.3) is 0 Å². The Kier molecular flexibility index (Phi) is 5.86. The lowest BCUT2D eigenvalue weighted by Crippen LogP contribution is -2.35. The Hall–Kier alpha value is -3.84. The Morgan fingerprint density at radius 1 is 0.903 bits per heavy atom. The van der Waals surface area contributed by atoms with Crippen molar-refractivity contribution in [3.05, 3.63) is 102 Å². The molecule has 0 saturated heterocycles. The summed E-state index contributed by atoms with van der Waals surface area (Å²) in [4.78, 5) is 28.8. The first kappa shape index (κ1) is 20.4. The number of H-pyrrole nitrogens is 1. The summed E-state index contributed by atoms with van der Waals surface area (Å²) < 4.78 is 26.4. The largest absolute Gasteiger partial charge is 0.360 e. The van der Waals surface area contributed by atoms with E-state index in [4.69, 9.17) is 0 Å². The Balaban J connectivity index is 1.54. The molecule has 1 heterocycles. The summed E-state index contributed by atoms with van der Waals surface area (Å²) in [5.74, 6) is -2.73. The third-order valence-corrected chi connectivity index (χ3v) is 4.92. The van der Waals surface area contributed by atoms with Gasteiger partial charge in [-0.3, -0.25) is 14.9 Å². The normalized spacial score (nSPS) is 11.9. The predicted molar refractivity (Wildman–Crippen MR) is 115 cm³/mol. The van der Waals surface area contributed by atoms with Crippen LogP contribution < -0.4 is 10.6 Å². The van der Waals surface area contributed by atoms with Crippen LogP contribution >= 0.6 is 0 Å². The first-order valence-corrected chi connectivity index (χ1v) is 9.66. The molecule has 1 aromatic heterocycles. The van der Waals surface area contributed by atoms with Gasteiger partial charge in [-0.25, -0.2) is 8.78 Å². The summed E-state index contributed by atoms with van der Waals surface area (Å²) in [6.07, 6.45) is 1.66. The fourth-order valence-electron chi connectivity index (χ4n) is 3.41. The molecule has 7 heteroatoms. The van der Waals surface area contributed by atoms with Crippen LogP contribution in [0.2, 0.25) is 0 Å². The van der Waals surface area contributed by atoms with Gasteiger partial charge in [0.1, 0.15) is 0 Å². The fourth-order valence-corrected chi connectivity index (χ4v) is 3.41. The highest BCUT2D eigenvalue weighted by atomic mass is 19.2. The van der Waals surface area contributed by atoms with Crippen LogP contribution in [-0.2, 0) is 4.79 Å². The molecular weight excluding hydrogens is 400 g/mol. The van der Waals surface area contributed by atoms with Gasteiger partial charge in [-0.1, -0.05) is 48.5 Å². The van der Waals surface area contributed by atoms with Crippen molar-refractivity contribution in [1.82, 2.24) is 10.3 Å². The third kappa shape index (κ3) is 4.51. The van der Waals surface area contributed by atoms with Gasteiger partial charge in [0, 0.05) is 34.4 Å². The molecular formula is C24H19F2N3O2. The van der Waals surface area contributed by atoms with Gasteiger partial charge in [0.05, 0.1) is 12.6 Å². The summed E-state index contributed by atoms with van der Waals surface area (Å²) in [5, 5.41) is 6.28. The Morgan fingerprint density at radius 2 is 1.65 bits per heavy atom. The maximum Gasteiger partial charge on any atom is 0.238 e. The van der Waals surface area contributed by atoms with Crippen molar-refractivity contribution in [2.45, 2.75) is 6.04 Å². The van der Waals surface area contributed by atoms with Crippen LogP contribution in [0.5, 0.6) is 0 Å². The van der Waals surface area contributed by atoms with E-state index in [1.807, 2.05) is 42.5 Å². The standard InChI is InChI=1S/C24H19F2N3O2/c25-19-11-10-16(12-20(19)26)29-22(30)14-28-23(15-6-2-1-3-7-15)24(31)18-13-27-21-9-5-4-8-17(18)21/h1-13,23,27-28H,14H2,(H,29,30)/t23-/m0/s1. The van der Waals surface area contributed by atoms with Gasteiger partial charge < -0.3 is 10.3 Å². The first-order valence-electron chi connectivity index (χ1n) is 9.66. The molecule has 4 rings (SSSR count). The molecule has 0 spiro atoms. The van der Waals surface area contributed by atoms with E-state index in [-0.39, 0.29) is 18.0 Å². The van der Waals surface area contributed by atoms with Crippen LogP contribution in [-0.4, -0.2) is 23.2 Å². The molecule has 1 amide bonds. The summed E-state index contributed by atoms with van der Waals surface area (Å²) >= 11 is 0. The number of ketones is 1. The van der Waals surface area contributed by atoms with Gasteiger partial charge in [-0.15, -0.1) is 0 Å². The van der Waals surface area contributed by atoms with Crippen molar-refractivity contribution in [2.75, 3.05) is 11.9 Å². The number of amides is 1. The van der Waals surface area contributed by atoms with Crippen LogP contribution in [0.4, 0.5) is 14.5 Å². The number of rotatable bonds is 7. The first-order chi connectivity index (χ1) is 15.0. The van der Waals surface area contributed by atoms with E-state index >= 15 is 0 Å². The van der Waals surface area contributed by atoms with Crippen LogP contribution in [0.1, 0.15) is 22.0 Å². The van der Waals surface area contributed by atoms with Crippen LogP contribution in [0.25, 0.3) is 10.9 Å². The lowest BCUT2D eigenvalue weighted by Gasteiger charge is -2.18. The number of hydrogen-bond donors (Lipinski definition) is 3. The van der Waals surface area contributed by atoms with E-state index in [1.165, 1.54) is 6.07 Å². The maximum atomic E-state index is 13.4. The van der Waals surface area contributed by atoms with Gasteiger partial charge in [-0.05, 0) is 23.8 Å². The summed E-state index contributed by atoms with van der Waals surface area (Å²) in [6, 6.07) is 18.9. The summed E-state index contributed by atoms with van der Waals surface area (Å²) in [6.45, 7) is -0.202. The topological polar surface area (TPSA) is 74.0 Å². The second kappa shape index (κ2) is 8.89. The molecule has 0 aliphatic carbocycles. The SMILES string of the molecule is O=C(CN[C@H](C(=O)c1c[nH]c2ccccc12)c1ccccc1)Nc1ccc(F)c(F)c1. The zero-order chi connectivity index (χ0) is 21.8. The quantitative estimate of drug-likeness (QED) is 0.384. The number of carbonyl (C=O) groups excluding carboxylic acids is 2. The van der Waals surface area contributed by atoms with E-state index in [0.29, 0.717) is 11.1 Å². The van der Waals surface area contributed by atoms with Crippen molar-refractivity contribution in [3.63, 3.8) is 0 Å². The fraction of sp³-hybridized carbons (Fsp3) is 0.0833. The molecule has 5 nitrogen and oxygen atoms in total. The van der Waals surface area contributed by atoms with E-state index < -0.39 is 23.6 Å². The van der Waals surface area contributed by atoms with Crippen LogP contribution in [0, 0.1) is 11.6 Å². The number of Topliss-reactive ketones (excluding diaryl/α,β-unsaturated/α-hetero) is 1. The van der Waals surface area contributed by atoms with Crippen molar-refractivity contribution < 1.29 is 18.4 Å². The number of aromatic nitrogens is 1. The molecule has 0 fully saturated rings. The smallest absolute Gasteiger partial charge is 0.238 e. The average molecular weight is 419 g/mol. The number of benzene rings is 3. The number of hydrogen-bond acceptors (Lipinski definition) is 3. The van der Waals surface area contributed by atoms with Gasteiger partial charge in [-0.2, -0.15) is 0 Å². The number of para-hydroxylation sites is 1. The number of anilines is 1. The molecule has 0 aliphatic heterocycles. The van der Waals surface area contributed by atoms with E-state index in [1.54, 1.807) is 18.3 Å². The molecule has 1 atom stereocenters.